The first-order valence-corrected chi connectivity index (χ1v) is 6.84. The van der Waals surface area contributed by atoms with Gasteiger partial charge in [-0.3, -0.25) is 4.79 Å². The van der Waals surface area contributed by atoms with Crippen LogP contribution in [0.2, 0.25) is 5.02 Å². The van der Waals surface area contributed by atoms with Gasteiger partial charge >= 0.3 is 0 Å². The van der Waals surface area contributed by atoms with E-state index < -0.39 is 5.82 Å². The molecule has 0 fully saturated rings. The number of halogens is 2. The van der Waals surface area contributed by atoms with Crippen LogP contribution in [0.4, 0.5) is 4.39 Å². The highest BCUT2D eigenvalue weighted by molar-refractivity contribution is 7.80. The molecular formula is C15H13ClFNOS. The summed E-state index contributed by atoms with van der Waals surface area (Å²) >= 11 is 9.78. The Morgan fingerprint density at radius 1 is 1.25 bits per heavy atom. The van der Waals surface area contributed by atoms with Crippen LogP contribution in [0.15, 0.2) is 47.4 Å². The second kappa shape index (κ2) is 6.29. The van der Waals surface area contributed by atoms with Gasteiger partial charge < -0.3 is 5.32 Å². The summed E-state index contributed by atoms with van der Waals surface area (Å²) in [5.74, 6) is -0.724. The average molecular weight is 310 g/mol. The van der Waals surface area contributed by atoms with Crippen molar-refractivity contribution < 1.29 is 9.18 Å². The molecule has 2 aromatic rings. The summed E-state index contributed by atoms with van der Waals surface area (Å²) in [7, 11) is 0. The maximum atomic E-state index is 13.1. The van der Waals surface area contributed by atoms with Crippen molar-refractivity contribution in [3.8, 4) is 0 Å². The molecule has 104 valence electrons. The third-order valence-electron chi connectivity index (χ3n) is 2.93. The standard InChI is InChI=1S/C15H13ClFNOS/c1-9(10-2-5-12(16)6-3-10)18-15(19)11-4-7-13(17)14(20)8-11/h2-9,20H,1H3,(H,18,19). The fourth-order valence-corrected chi connectivity index (χ4v) is 2.11. The van der Waals surface area contributed by atoms with Crippen LogP contribution in [0.25, 0.3) is 0 Å². The maximum Gasteiger partial charge on any atom is 0.251 e. The van der Waals surface area contributed by atoms with Crippen molar-refractivity contribution in [3.63, 3.8) is 0 Å². The molecule has 1 N–H and O–H groups in total. The fraction of sp³-hybridized carbons (Fsp3) is 0.133. The van der Waals surface area contributed by atoms with Gasteiger partial charge in [0.2, 0.25) is 0 Å². The first-order valence-electron chi connectivity index (χ1n) is 6.02. The highest BCUT2D eigenvalue weighted by Crippen LogP contribution is 2.18. The first kappa shape index (κ1) is 14.9. The summed E-state index contributed by atoms with van der Waals surface area (Å²) in [4.78, 5) is 12.2. The SMILES string of the molecule is CC(NC(=O)c1ccc(F)c(S)c1)c1ccc(Cl)cc1. The Morgan fingerprint density at radius 2 is 1.90 bits per heavy atom. The van der Waals surface area contributed by atoms with Crippen molar-refractivity contribution in [2.75, 3.05) is 0 Å². The number of benzene rings is 2. The minimum absolute atomic E-state index is 0.150. The molecule has 2 nitrogen and oxygen atoms in total. The Labute approximate surface area is 127 Å². The molecular weight excluding hydrogens is 297 g/mol. The van der Waals surface area contributed by atoms with Crippen LogP contribution < -0.4 is 5.32 Å². The predicted octanol–water partition coefficient (Wildman–Crippen LogP) is 4.26. The highest BCUT2D eigenvalue weighted by atomic mass is 35.5. The van der Waals surface area contributed by atoms with Crippen molar-refractivity contribution in [1.82, 2.24) is 5.32 Å². The van der Waals surface area contributed by atoms with Gasteiger partial charge in [0.15, 0.2) is 0 Å². The Bertz CT molecular complexity index is 630. The van der Waals surface area contributed by atoms with Crippen LogP contribution in [0.1, 0.15) is 28.9 Å². The summed E-state index contributed by atoms with van der Waals surface area (Å²) in [5.41, 5.74) is 1.31. The minimum Gasteiger partial charge on any atom is -0.346 e. The lowest BCUT2D eigenvalue weighted by atomic mass is 10.1. The van der Waals surface area contributed by atoms with Crippen LogP contribution >= 0.6 is 24.2 Å². The minimum atomic E-state index is -0.448. The number of nitrogens with one attached hydrogen (secondary N) is 1. The van der Waals surface area contributed by atoms with Crippen LogP contribution in [-0.4, -0.2) is 5.91 Å². The molecule has 0 aliphatic heterocycles. The van der Waals surface area contributed by atoms with Gasteiger partial charge in [-0.15, -0.1) is 12.6 Å². The molecule has 0 aliphatic rings. The quantitative estimate of drug-likeness (QED) is 0.815. The third kappa shape index (κ3) is 3.52. The van der Waals surface area contributed by atoms with Crippen LogP contribution in [-0.2, 0) is 0 Å². The lowest BCUT2D eigenvalue weighted by Crippen LogP contribution is -2.26. The molecule has 0 aromatic heterocycles. The lowest BCUT2D eigenvalue weighted by molar-refractivity contribution is 0.0939. The van der Waals surface area contributed by atoms with E-state index in [9.17, 15) is 9.18 Å². The Kier molecular flexibility index (Phi) is 4.68. The van der Waals surface area contributed by atoms with E-state index >= 15 is 0 Å². The number of hydrogen-bond donors (Lipinski definition) is 2. The molecule has 1 amide bonds. The van der Waals surface area contributed by atoms with Gasteiger partial charge in [0.1, 0.15) is 5.82 Å². The number of carbonyl (C=O) groups excluding carboxylic acids is 1. The largest absolute Gasteiger partial charge is 0.346 e. The lowest BCUT2D eigenvalue weighted by Gasteiger charge is -2.14. The predicted molar refractivity (Wildman–Crippen MR) is 81.0 cm³/mol. The number of thiol groups is 1. The molecule has 0 saturated carbocycles. The molecule has 1 atom stereocenters. The molecule has 2 aromatic carbocycles. The zero-order valence-corrected chi connectivity index (χ0v) is 12.4. The van der Waals surface area contributed by atoms with Crippen molar-refractivity contribution >= 4 is 30.1 Å². The van der Waals surface area contributed by atoms with E-state index in [1.165, 1.54) is 18.2 Å². The fourth-order valence-electron chi connectivity index (χ4n) is 1.77. The number of rotatable bonds is 3. The van der Waals surface area contributed by atoms with Gasteiger partial charge in [0, 0.05) is 15.5 Å². The maximum absolute atomic E-state index is 13.1. The summed E-state index contributed by atoms with van der Waals surface area (Å²) < 4.78 is 13.1. The highest BCUT2D eigenvalue weighted by Gasteiger charge is 2.12. The zero-order chi connectivity index (χ0) is 14.7. The molecule has 0 heterocycles. The van der Waals surface area contributed by atoms with Gasteiger partial charge in [-0.1, -0.05) is 23.7 Å². The summed E-state index contributed by atoms with van der Waals surface area (Å²) in [6.45, 7) is 1.87. The van der Waals surface area contributed by atoms with Gasteiger partial charge in [-0.05, 0) is 42.8 Å². The number of carbonyl (C=O) groups is 1. The van der Waals surface area contributed by atoms with Crippen molar-refractivity contribution in [1.29, 1.82) is 0 Å². The molecule has 0 saturated heterocycles. The molecule has 0 aliphatic carbocycles. The smallest absolute Gasteiger partial charge is 0.251 e. The van der Waals surface area contributed by atoms with E-state index in [-0.39, 0.29) is 16.8 Å². The van der Waals surface area contributed by atoms with Gasteiger partial charge in [0.05, 0.1) is 6.04 Å². The molecule has 5 heteroatoms. The number of amides is 1. The molecule has 0 spiro atoms. The van der Waals surface area contributed by atoms with Crippen LogP contribution in [0.3, 0.4) is 0 Å². The summed E-state index contributed by atoms with van der Waals surface area (Å²) in [5, 5.41) is 3.48. The second-order valence-electron chi connectivity index (χ2n) is 4.41. The second-order valence-corrected chi connectivity index (χ2v) is 5.33. The van der Waals surface area contributed by atoms with Crippen LogP contribution in [0, 0.1) is 5.82 Å². The van der Waals surface area contributed by atoms with Crippen molar-refractivity contribution in [2.45, 2.75) is 17.9 Å². The topological polar surface area (TPSA) is 29.1 Å². The zero-order valence-electron chi connectivity index (χ0n) is 10.7. The van der Waals surface area contributed by atoms with E-state index in [0.29, 0.717) is 10.6 Å². The van der Waals surface area contributed by atoms with E-state index in [4.69, 9.17) is 11.6 Å². The first-order chi connectivity index (χ1) is 9.47. The van der Waals surface area contributed by atoms with E-state index in [2.05, 4.69) is 17.9 Å². The average Bonchev–Trinajstić information content (AvgIpc) is 2.42. The molecule has 2 rings (SSSR count). The summed E-state index contributed by atoms with van der Waals surface area (Å²) in [6, 6.07) is 11.1. The third-order valence-corrected chi connectivity index (χ3v) is 3.52. The van der Waals surface area contributed by atoms with Gasteiger partial charge in [0.25, 0.3) is 5.91 Å². The van der Waals surface area contributed by atoms with Gasteiger partial charge in [-0.25, -0.2) is 4.39 Å². The van der Waals surface area contributed by atoms with Crippen molar-refractivity contribution in [3.05, 3.63) is 64.4 Å². The monoisotopic (exact) mass is 309 g/mol. The molecule has 0 bridgehead atoms. The summed E-state index contributed by atoms with van der Waals surface area (Å²) in [6.07, 6.45) is 0. The molecule has 0 radical (unpaired) electrons. The Hall–Kier alpha value is -1.52. The Morgan fingerprint density at radius 3 is 2.50 bits per heavy atom. The normalized spacial score (nSPS) is 12.0. The van der Waals surface area contributed by atoms with Crippen molar-refractivity contribution in [2.24, 2.45) is 0 Å². The molecule has 1 unspecified atom stereocenters. The number of hydrogen-bond acceptors (Lipinski definition) is 2. The van der Waals surface area contributed by atoms with Gasteiger partial charge in [-0.2, -0.15) is 0 Å². The Balaban J connectivity index is 2.10. The van der Waals surface area contributed by atoms with E-state index in [1.807, 2.05) is 19.1 Å². The van der Waals surface area contributed by atoms with Crippen LogP contribution in [0.5, 0.6) is 0 Å². The van der Waals surface area contributed by atoms with E-state index in [1.54, 1.807) is 12.1 Å². The van der Waals surface area contributed by atoms with E-state index in [0.717, 1.165) is 5.56 Å². The molecule has 20 heavy (non-hydrogen) atoms.